The lowest BCUT2D eigenvalue weighted by Crippen LogP contribution is -2.16. The van der Waals surface area contributed by atoms with Crippen LogP contribution in [0.1, 0.15) is 30.8 Å². The molecule has 0 bridgehead atoms. The first-order valence-electron chi connectivity index (χ1n) is 6.59. The molecule has 19 heavy (non-hydrogen) atoms. The molecule has 0 saturated heterocycles. The summed E-state index contributed by atoms with van der Waals surface area (Å²) in [5, 5.41) is 8.70. The predicted molar refractivity (Wildman–Crippen MR) is 77.1 cm³/mol. The molecule has 0 unspecified atom stereocenters. The van der Waals surface area contributed by atoms with E-state index >= 15 is 0 Å². The molecule has 0 aliphatic heterocycles. The van der Waals surface area contributed by atoms with Crippen molar-refractivity contribution in [1.29, 1.82) is 0 Å². The Morgan fingerprint density at radius 1 is 1.21 bits per heavy atom. The summed E-state index contributed by atoms with van der Waals surface area (Å²) >= 11 is 6.36. The van der Waals surface area contributed by atoms with Gasteiger partial charge in [0.15, 0.2) is 0 Å². The molecule has 2 aromatic rings. The van der Waals surface area contributed by atoms with Crippen molar-refractivity contribution in [2.24, 2.45) is 0 Å². The Bertz CT molecular complexity index is 522. The predicted octanol–water partition coefficient (Wildman–Crippen LogP) is 2.80. The second-order valence-corrected chi connectivity index (χ2v) is 4.71. The Kier molecular flexibility index (Phi) is 4.93. The normalized spacial score (nSPS) is 10.9. The Labute approximate surface area is 118 Å². The maximum absolute atomic E-state index is 6.36. The molecule has 0 aliphatic rings. The quantitative estimate of drug-likeness (QED) is 0.884. The van der Waals surface area contributed by atoms with Crippen molar-refractivity contribution < 1.29 is 0 Å². The zero-order valence-corrected chi connectivity index (χ0v) is 12.1. The molecule has 0 spiro atoms. The molecule has 0 atom stereocenters. The highest BCUT2D eigenvalue weighted by atomic mass is 35.5. The summed E-state index contributed by atoms with van der Waals surface area (Å²) in [5.74, 6) is 0. The topological polar surface area (TPSA) is 42.7 Å². The third kappa shape index (κ3) is 3.33. The summed E-state index contributed by atoms with van der Waals surface area (Å²) in [6.07, 6.45) is 4.47. The second kappa shape index (κ2) is 6.68. The molecule has 2 aromatic heterocycles. The lowest BCUT2D eigenvalue weighted by atomic mass is 10.2. The highest BCUT2D eigenvalue weighted by molar-refractivity contribution is 6.31. The number of aryl methyl sites for hydroxylation is 2. The molecule has 0 radical (unpaired) electrons. The number of hydrogen-bond donors (Lipinski definition) is 1. The van der Waals surface area contributed by atoms with Crippen LogP contribution in [-0.2, 0) is 26.1 Å². The van der Waals surface area contributed by atoms with Gasteiger partial charge in [-0.05, 0) is 31.0 Å². The fourth-order valence-electron chi connectivity index (χ4n) is 2.01. The van der Waals surface area contributed by atoms with E-state index in [-0.39, 0.29) is 0 Å². The number of pyridine rings is 1. The molecule has 0 saturated carbocycles. The van der Waals surface area contributed by atoms with Crippen molar-refractivity contribution in [1.82, 2.24) is 20.1 Å². The van der Waals surface area contributed by atoms with Gasteiger partial charge >= 0.3 is 0 Å². The van der Waals surface area contributed by atoms with Crippen molar-refractivity contribution in [2.75, 3.05) is 0 Å². The number of rotatable bonds is 6. The average molecular weight is 279 g/mol. The molecule has 2 heterocycles. The highest BCUT2D eigenvalue weighted by Crippen LogP contribution is 2.21. The number of nitrogens with zero attached hydrogens (tertiary/aromatic N) is 3. The van der Waals surface area contributed by atoms with Gasteiger partial charge in [-0.1, -0.05) is 18.5 Å². The first kappa shape index (κ1) is 14.0. The van der Waals surface area contributed by atoms with E-state index in [0.29, 0.717) is 0 Å². The molecule has 0 fully saturated rings. The lowest BCUT2D eigenvalue weighted by Gasteiger charge is -2.07. The Morgan fingerprint density at radius 2 is 1.95 bits per heavy atom. The molecule has 102 valence electrons. The summed E-state index contributed by atoms with van der Waals surface area (Å²) in [4.78, 5) is 4.00. The Morgan fingerprint density at radius 3 is 2.58 bits per heavy atom. The summed E-state index contributed by atoms with van der Waals surface area (Å²) in [6, 6.07) is 4.01. The van der Waals surface area contributed by atoms with Crippen LogP contribution < -0.4 is 5.32 Å². The van der Waals surface area contributed by atoms with E-state index in [1.165, 1.54) is 5.56 Å². The van der Waals surface area contributed by atoms with E-state index in [4.69, 9.17) is 11.6 Å². The van der Waals surface area contributed by atoms with Crippen LogP contribution in [0.15, 0.2) is 24.5 Å². The first-order valence-corrected chi connectivity index (χ1v) is 6.97. The molecular weight excluding hydrogens is 260 g/mol. The van der Waals surface area contributed by atoms with E-state index in [9.17, 15) is 0 Å². The van der Waals surface area contributed by atoms with Gasteiger partial charge in [-0.25, -0.2) is 0 Å². The number of halogens is 1. The Balaban J connectivity index is 2.01. The lowest BCUT2D eigenvalue weighted by molar-refractivity contribution is 0.577. The van der Waals surface area contributed by atoms with E-state index in [1.807, 2.05) is 16.8 Å². The molecule has 2 rings (SSSR count). The van der Waals surface area contributed by atoms with Gasteiger partial charge < -0.3 is 5.32 Å². The van der Waals surface area contributed by atoms with Crippen molar-refractivity contribution in [3.05, 3.63) is 46.5 Å². The van der Waals surface area contributed by atoms with Gasteiger partial charge in [-0.15, -0.1) is 0 Å². The van der Waals surface area contributed by atoms with E-state index in [2.05, 4.69) is 29.2 Å². The smallest absolute Gasteiger partial charge is 0.0863 e. The van der Waals surface area contributed by atoms with Gasteiger partial charge in [-0.2, -0.15) is 5.10 Å². The van der Waals surface area contributed by atoms with Gasteiger partial charge in [0.25, 0.3) is 0 Å². The standard InChI is InChI=1S/C14H19ClN4/c1-3-12-14(15)13(19(4-2)18-12)10-17-9-11-5-7-16-8-6-11/h5-8,17H,3-4,9-10H2,1-2H3. The van der Waals surface area contributed by atoms with Crippen molar-refractivity contribution >= 4 is 11.6 Å². The molecule has 4 nitrogen and oxygen atoms in total. The number of nitrogens with one attached hydrogen (secondary N) is 1. The zero-order valence-electron chi connectivity index (χ0n) is 11.4. The van der Waals surface area contributed by atoms with Crippen LogP contribution in [0.4, 0.5) is 0 Å². The van der Waals surface area contributed by atoms with Crippen LogP contribution >= 0.6 is 11.6 Å². The maximum atomic E-state index is 6.36. The molecule has 1 N–H and O–H groups in total. The van der Waals surface area contributed by atoms with E-state index in [0.717, 1.165) is 42.5 Å². The van der Waals surface area contributed by atoms with E-state index in [1.54, 1.807) is 12.4 Å². The monoisotopic (exact) mass is 278 g/mol. The van der Waals surface area contributed by atoms with E-state index < -0.39 is 0 Å². The summed E-state index contributed by atoms with van der Waals surface area (Å²) in [5.41, 5.74) is 3.25. The minimum Gasteiger partial charge on any atom is -0.307 e. The van der Waals surface area contributed by atoms with Gasteiger partial charge in [0.2, 0.25) is 0 Å². The molecular formula is C14H19ClN4. The van der Waals surface area contributed by atoms with Gasteiger partial charge in [0, 0.05) is 32.0 Å². The van der Waals surface area contributed by atoms with Gasteiger partial charge in [-0.3, -0.25) is 9.67 Å². The summed E-state index contributed by atoms with van der Waals surface area (Å²) in [7, 11) is 0. The van der Waals surface area contributed by atoms with Gasteiger partial charge in [0.05, 0.1) is 16.4 Å². The SMILES string of the molecule is CCc1nn(CC)c(CNCc2ccncc2)c1Cl. The highest BCUT2D eigenvalue weighted by Gasteiger charge is 2.13. The minimum absolute atomic E-state index is 0.724. The Hall–Kier alpha value is -1.39. The van der Waals surface area contributed by atoms with Crippen LogP contribution in [0.5, 0.6) is 0 Å². The number of hydrogen-bond acceptors (Lipinski definition) is 3. The van der Waals surface area contributed by atoms with Crippen molar-refractivity contribution in [3.63, 3.8) is 0 Å². The van der Waals surface area contributed by atoms with Gasteiger partial charge in [0.1, 0.15) is 0 Å². The fraction of sp³-hybridized carbons (Fsp3) is 0.429. The van der Waals surface area contributed by atoms with Crippen LogP contribution in [0, 0.1) is 0 Å². The van der Waals surface area contributed by atoms with Crippen molar-refractivity contribution in [2.45, 2.75) is 39.9 Å². The maximum Gasteiger partial charge on any atom is 0.0863 e. The first-order chi connectivity index (χ1) is 9.26. The van der Waals surface area contributed by atoms with Crippen LogP contribution in [0.3, 0.4) is 0 Å². The van der Waals surface area contributed by atoms with Crippen LogP contribution in [0.25, 0.3) is 0 Å². The third-order valence-electron chi connectivity index (χ3n) is 3.07. The molecule has 5 heteroatoms. The largest absolute Gasteiger partial charge is 0.307 e. The third-order valence-corrected chi connectivity index (χ3v) is 3.50. The van der Waals surface area contributed by atoms with Crippen molar-refractivity contribution in [3.8, 4) is 0 Å². The number of aromatic nitrogens is 3. The minimum atomic E-state index is 0.724. The fourth-order valence-corrected chi connectivity index (χ4v) is 2.35. The molecule has 0 aromatic carbocycles. The molecule has 0 amide bonds. The van der Waals surface area contributed by atoms with Crippen LogP contribution in [0.2, 0.25) is 5.02 Å². The second-order valence-electron chi connectivity index (χ2n) is 4.34. The molecule has 0 aliphatic carbocycles. The average Bonchev–Trinajstić information content (AvgIpc) is 2.76. The zero-order chi connectivity index (χ0) is 13.7. The van der Waals surface area contributed by atoms with Crippen LogP contribution in [-0.4, -0.2) is 14.8 Å². The summed E-state index contributed by atoms with van der Waals surface area (Å²) in [6.45, 7) is 6.51. The summed E-state index contributed by atoms with van der Waals surface area (Å²) < 4.78 is 1.97.